The number of nitrogens with one attached hydrogen (secondary N) is 1. The smallest absolute Gasteiger partial charge is 0.262 e. The zero-order valence-electron chi connectivity index (χ0n) is 11.7. The maximum atomic E-state index is 12.2. The second kappa shape index (κ2) is 5.95. The minimum Gasteiger partial charge on any atom is -0.376 e. The number of amides is 1. The van der Waals surface area contributed by atoms with Crippen molar-refractivity contribution in [3.8, 4) is 0 Å². The molecule has 112 valence electrons. The van der Waals surface area contributed by atoms with E-state index in [4.69, 9.17) is 4.74 Å². The largest absolute Gasteiger partial charge is 0.376 e. The van der Waals surface area contributed by atoms with Gasteiger partial charge in [-0.2, -0.15) is 0 Å². The maximum absolute atomic E-state index is 12.2. The van der Waals surface area contributed by atoms with Crippen LogP contribution < -0.4 is 10.9 Å². The third-order valence-corrected chi connectivity index (χ3v) is 4.50. The number of carbonyl (C=O) groups is 1. The molecule has 6 nitrogen and oxygen atoms in total. The van der Waals surface area contributed by atoms with Crippen molar-refractivity contribution in [1.29, 1.82) is 0 Å². The molecule has 2 atom stereocenters. The summed E-state index contributed by atoms with van der Waals surface area (Å²) in [4.78, 5) is 29.1. The fourth-order valence-electron chi connectivity index (χ4n) is 2.55. The van der Waals surface area contributed by atoms with Crippen LogP contribution in [-0.4, -0.2) is 34.2 Å². The fourth-order valence-corrected chi connectivity index (χ4v) is 3.27. The van der Waals surface area contributed by atoms with Gasteiger partial charge in [-0.3, -0.25) is 14.2 Å². The lowest BCUT2D eigenvalue weighted by atomic mass is 10.1. The second-order valence-corrected chi connectivity index (χ2v) is 6.12. The van der Waals surface area contributed by atoms with Crippen LogP contribution in [0.15, 0.2) is 22.6 Å². The van der Waals surface area contributed by atoms with Crippen LogP contribution in [0.25, 0.3) is 10.2 Å². The molecule has 0 saturated carbocycles. The van der Waals surface area contributed by atoms with Crippen molar-refractivity contribution in [1.82, 2.24) is 14.9 Å². The quantitative estimate of drug-likeness (QED) is 0.919. The van der Waals surface area contributed by atoms with Gasteiger partial charge in [0.1, 0.15) is 11.4 Å². The molecule has 1 amide bonds. The van der Waals surface area contributed by atoms with E-state index in [1.165, 1.54) is 22.2 Å². The Kier molecular flexibility index (Phi) is 4.03. The summed E-state index contributed by atoms with van der Waals surface area (Å²) >= 11 is 1.42. The van der Waals surface area contributed by atoms with Gasteiger partial charge in [-0.1, -0.05) is 0 Å². The Bertz CT molecular complexity index is 703. The van der Waals surface area contributed by atoms with Crippen LogP contribution in [-0.2, 0) is 16.1 Å². The molecule has 1 aliphatic heterocycles. The molecule has 3 rings (SSSR count). The van der Waals surface area contributed by atoms with Crippen LogP contribution in [0, 0.1) is 0 Å². The monoisotopic (exact) mass is 307 g/mol. The first kappa shape index (κ1) is 14.2. The van der Waals surface area contributed by atoms with Gasteiger partial charge in [-0.05, 0) is 31.2 Å². The summed E-state index contributed by atoms with van der Waals surface area (Å²) in [5.41, 5.74) is -0.179. The van der Waals surface area contributed by atoms with Crippen molar-refractivity contribution in [3.63, 3.8) is 0 Å². The Balaban J connectivity index is 1.68. The summed E-state index contributed by atoms with van der Waals surface area (Å²) in [6, 6.07) is 1.69. The third kappa shape index (κ3) is 2.98. The number of carbonyl (C=O) groups excluding carboxylic acids is 1. The highest BCUT2D eigenvalue weighted by atomic mass is 32.1. The van der Waals surface area contributed by atoms with Gasteiger partial charge >= 0.3 is 0 Å². The van der Waals surface area contributed by atoms with E-state index < -0.39 is 0 Å². The van der Waals surface area contributed by atoms with Crippen LogP contribution in [0.1, 0.15) is 19.8 Å². The van der Waals surface area contributed by atoms with Crippen LogP contribution in [0.2, 0.25) is 0 Å². The number of hydrogen-bond acceptors (Lipinski definition) is 5. The van der Waals surface area contributed by atoms with Gasteiger partial charge in [0, 0.05) is 6.61 Å². The zero-order chi connectivity index (χ0) is 14.8. The molecule has 0 spiro atoms. The first-order valence-corrected chi connectivity index (χ1v) is 7.87. The molecular formula is C14H17N3O3S. The fraction of sp³-hybridized carbons (Fsp3) is 0.500. The number of nitrogens with zero attached hydrogens (tertiary/aromatic N) is 2. The van der Waals surface area contributed by atoms with E-state index in [0.29, 0.717) is 10.2 Å². The van der Waals surface area contributed by atoms with Gasteiger partial charge in [-0.25, -0.2) is 4.98 Å². The van der Waals surface area contributed by atoms with Gasteiger partial charge in [0.05, 0.1) is 23.9 Å². The third-order valence-electron chi connectivity index (χ3n) is 3.68. The minimum absolute atomic E-state index is 0.0192. The summed E-state index contributed by atoms with van der Waals surface area (Å²) < 4.78 is 6.88. The summed E-state index contributed by atoms with van der Waals surface area (Å²) in [6.45, 7) is 2.66. The number of thiophene rings is 1. The zero-order valence-corrected chi connectivity index (χ0v) is 12.6. The molecule has 0 aliphatic carbocycles. The molecule has 1 aliphatic rings. The van der Waals surface area contributed by atoms with Gasteiger partial charge in [0.15, 0.2) is 0 Å². The number of aromatic nitrogens is 2. The summed E-state index contributed by atoms with van der Waals surface area (Å²) in [5, 5.41) is 5.27. The molecule has 1 saturated heterocycles. The predicted molar refractivity (Wildman–Crippen MR) is 80.5 cm³/mol. The summed E-state index contributed by atoms with van der Waals surface area (Å²) in [6.07, 6.45) is 3.49. The van der Waals surface area contributed by atoms with E-state index in [1.54, 1.807) is 6.07 Å². The normalized spacial score (nSPS) is 19.8. The number of hydrogen-bond donors (Lipinski definition) is 1. The molecule has 7 heteroatoms. The van der Waals surface area contributed by atoms with Crippen LogP contribution in [0.3, 0.4) is 0 Å². The van der Waals surface area contributed by atoms with E-state index in [2.05, 4.69) is 10.3 Å². The lowest BCUT2D eigenvalue weighted by molar-refractivity contribution is -0.123. The highest BCUT2D eigenvalue weighted by Gasteiger charge is 2.23. The molecule has 1 N–H and O–H groups in total. The molecule has 1 fully saturated rings. The minimum atomic E-state index is -0.198. The van der Waals surface area contributed by atoms with Crippen molar-refractivity contribution in [2.75, 3.05) is 6.61 Å². The Morgan fingerprint density at radius 3 is 3.29 bits per heavy atom. The van der Waals surface area contributed by atoms with Crippen LogP contribution >= 0.6 is 11.3 Å². The van der Waals surface area contributed by atoms with E-state index in [-0.39, 0.29) is 30.2 Å². The standard InChI is InChI=1S/C14H17N3O3S/c1-9(11-3-2-5-20-11)16-12(18)7-17-8-15-13-10(14(17)19)4-6-21-13/h4,6,8-9,11H,2-3,5,7H2,1H3,(H,16,18)/t9-,11+/m1/s1. The Morgan fingerprint density at radius 1 is 1.67 bits per heavy atom. The molecule has 2 aromatic rings. The highest BCUT2D eigenvalue weighted by molar-refractivity contribution is 7.16. The average molecular weight is 307 g/mol. The molecule has 21 heavy (non-hydrogen) atoms. The molecule has 0 unspecified atom stereocenters. The molecule has 0 aromatic carbocycles. The first-order chi connectivity index (χ1) is 10.1. The number of rotatable bonds is 4. The van der Waals surface area contributed by atoms with Crippen molar-refractivity contribution < 1.29 is 9.53 Å². The van der Waals surface area contributed by atoms with E-state index in [1.807, 2.05) is 12.3 Å². The SMILES string of the molecule is C[C@@H](NC(=O)Cn1cnc2sccc2c1=O)[C@@H]1CCCO1. The molecule has 0 bridgehead atoms. The predicted octanol–water partition coefficient (Wildman–Crippen LogP) is 1.14. The highest BCUT2D eigenvalue weighted by Crippen LogP contribution is 2.15. The second-order valence-electron chi connectivity index (χ2n) is 5.22. The van der Waals surface area contributed by atoms with Gasteiger partial charge < -0.3 is 10.1 Å². The van der Waals surface area contributed by atoms with Crippen LogP contribution in [0.5, 0.6) is 0 Å². The maximum Gasteiger partial charge on any atom is 0.262 e. The van der Waals surface area contributed by atoms with Crippen molar-refractivity contribution in [3.05, 3.63) is 28.1 Å². The van der Waals surface area contributed by atoms with Gasteiger partial charge in [0.25, 0.3) is 5.56 Å². The number of ether oxygens (including phenoxy) is 1. The summed E-state index contributed by atoms with van der Waals surface area (Å²) in [5.74, 6) is -0.198. The Labute approximate surface area is 125 Å². The van der Waals surface area contributed by atoms with E-state index >= 15 is 0 Å². The van der Waals surface area contributed by atoms with Crippen molar-refractivity contribution in [2.45, 2.75) is 38.5 Å². The van der Waals surface area contributed by atoms with Crippen LogP contribution in [0.4, 0.5) is 0 Å². The van der Waals surface area contributed by atoms with Gasteiger partial charge in [-0.15, -0.1) is 11.3 Å². The molecular weight excluding hydrogens is 290 g/mol. The Hall–Kier alpha value is -1.73. The first-order valence-electron chi connectivity index (χ1n) is 6.99. The topological polar surface area (TPSA) is 73.2 Å². The summed E-state index contributed by atoms with van der Waals surface area (Å²) in [7, 11) is 0. The van der Waals surface area contributed by atoms with Crippen molar-refractivity contribution >= 4 is 27.5 Å². The molecule has 0 radical (unpaired) electrons. The average Bonchev–Trinajstić information content (AvgIpc) is 3.12. The van der Waals surface area contributed by atoms with Crippen molar-refractivity contribution in [2.24, 2.45) is 0 Å². The van der Waals surface area contributed by atoms with E-state index in [0.717, 1.165) is 19.4 Å². The van der Waals surface area contributed by atoms with Gasteiger partial charge in [0.2, 0.25) is 5.91 Å². The molecule has 3 heterocycles. The van der Waals surface area contributed by atoms with E-state index in [9.17, 15) is 9.59 Å². The number of fused-ring (bicyclic) bond motifs is 1. The lowest BCUT2D eigenvalue weighted by Gasteiger charge is -2.20. The molecule has 2 aromatic heterocycles. The lowest BCUT2D eigenvalue weighted by Crippen LogP contribution is -2.43. The Morgan fingerprint density at radius 2 is 2.52 bits per heavy atom.